The first-order valence-electron chi connectivity index (χ1n) is 9.68. The van der Waals surface area contributed by atoms with E-state index in [4.69, 9.17) is 5.73 Å². The lowest BCUT2D eigenvalue weighted by molar-refractivity contribution is -0.113. The van der Waals surface area contributed by atoms with Gasteiger partial charge in [0.2, 0.25) is 5.91 Å². The maximum absolute atomic E-state index is 12.5. The summed E-state index contributed by atoms with van der Waals surface area (Å²) in [7, 11) is 0. The molecule has 0 unspecified atom stereocenters. The summed E-state index contributed by atoms with van der Waals surface area (Å²) in [6, 6.07) is 7.82. The number of carbonyl (C=O) groups excluding carboxylic acids is 2. The molecule has 0 radical (unpaired) electrons. The number of rotatable bonds is 7. The smallest absolute Gasteiger partial charge is 0.265 e. The molecule has 3 aromatic heterocycles. The Kier molecular flexibility index (Phi) is 6.10. The third kappa shape index (κ3) is 4.58. The van der Waals surface area contributed by atoms with E-state index in [9.17, 15) is 9.59 Å². The molecule has 4 N–H and O–H groups in total. The molecule has 4 aromatic rings. The van der Waals surface area contributed by atoms with Crippen LogP contribution in [-0.4, -0.2) is 42.3 Å². The molecule has 164 valence electrons. The van der Waals surface area contributed by atoms with Crippen molar-refractivity contribution >= 4 is 40.0 Å². The zero-order valence-corrected chi connectivity index (χ0v) is 19.3. The predicted octanol–water partition coefficient (Wildman–Crippen LogP) is 3.47. The van der Waals surface area contributed by atoms with Crippen LogP contribution < -0.4 is 11.1 Å². The van der Waals surface area contributed by atoms with Gasteiger partial charge in [0.15, 0.2) is 10.3 Å². The van der Waals surface area contributed by atoms with Crippen LogP contribution in [-0.2, 0) is 4.79 Å². The summed E-state index contributed by atoms with van der Waals surface area (Å²) < 4.78 is 1.96. The number of H-pyrrole nitrogens is 1. The fourth-order valence-electron chi connectivity index (χ4n) is 3.11. The zero-order chi connectivity index (χ0) is 22.8. The lowest BCUT2D eigenvalue weighted by Crippen LogP contribution is -2.14. The van der Waals surface area contributed by atoms with Crippen LogP contribution in [0.2, 0.25) is 0 Å². The molecule has 0 saturated carbocycles. The minimum atomic E-state index is -0.541. The van der Waals surface area contributed by atoms with Crippen molar-refractivity contribution < 1.29 is 9.59 Å². The van der Waals surface area contributed by atoms with Gasteiger partial charge in [-0.1, -0.05) is 23.9 Å². The number of hydrogen-bond donors (Lipinski definition) is 3. The second-order valence-corrected chi connectivity index (χ2v) is 9.00. The van der Waals surface area contributed by atoms with E-state index < -0.39 is 5.91 Å². The topological polar surface area (TPSA) is 132 Å². The Morgan fingerprint density at radius 3 is 2.78 bits per heavy atom. The number of aryl methyl sites for hydroxylation is 3. The van der Waals surface area contributed by atoms with E-state index in [0.717, 1.165) is 28.2 Å². The summed E-state index contributed by atoms with van der Waals surface area (Å²) in [5.74, 6) is 0.179. The van der Waals surface area contributed by atoms with Crippen molar-refractivity contribution in [3.8, 4) is 16.9 Å². The van der Waals surface area contributed by atoms with Gasteiger partial charge < -0.3 is 16.0 Å². The first kappa shape index (κ1) is 21.8. The molecule has 0 saturated heterocycles. The average Bonchev–Trinajstić information content (AvgIpc) is 3.48. The van der Waals surface area contributed by atoms with E-state index in [-0.39, 0.29) is 11.7 Å². The average molecular weight is 468 g/mol. The number of nitrogens with one attached hydrogen (secondary N) is 2. The van der Waals surface area contributed by atoms with Crippen LogP contribution in [0.3, 0.4) is 0 Å². The Morgan fingerprint density at radius 1 is 1.22 bits per heavy atom. The molecule has 0 aliphatic heterocycles. The number of anilines is 1. The molecule has 0 atom stereocenters. The molecule has 1 aromatic carbocycles. The molecule has 0 fully saturated rings. The van der Waals surface area contributed by atoms with Gasteiger partial charge in [0, 0.05) is 17.1 Å². The van der Waals surface area contributed by atoms with E-state index in [1.165, 1.54) is 23.1 Å². The number of thiazole rings is 1. The summed E-state index contributed by atoms with van der Waals surface area (Å²) >= 11 is 2.62. The largest absolute Gasteiger partial charge is 0.364 e. The summed E-state index contributed by atoms with van der Waals surface area (Å²) in [5.41, 5.74) is 10.2. The number of carbonyl (C=O) groups is 2. The summed E-state index contributed by atoms with van der Waals surface area (Å²) in [4.78, 5) is 31.0. The van der Waals surface area contributed by atoms with Gasteiger partial charge in [0.1, 0.15) is 11.5 Å². The minimum Gasteiger partial charge on any atom is -0.364 e. The molecule has 11 heteroatoms. The molecule has 0 spiro atoms. The number of nitrogens with two attached hydrogens (primary N) is 1. The standard InChI is InChI=1S/C21H21N7O2S2/c1-11-4-5-12(2)17(6-11)28-13(3)26-27-21(28)32-10-18(29)25-20-24-16(9-31-20)14-7-15(19(22)30)23-8-14/h4-9,23H,10H2,1-3H3,(H2,22,30)(H,24,25,29). The number of primary amides is 1. The van der Waals surface area contributed by atoms with E-state index in [1.807, 2.05) is 25.3 Å². The molecule has 0 aliphatic carbocycles. The first-order chi connectivity index (χ1) is 15.3. The van der Waals surface area contributed by atoms with Crippen LogP contribution in [0.1, 0.15) is 27.4 Å². The van der Waals surface area contributed by atoms with E-state index in [2.05, 4.69) is 43.7 Å². The van der Waals surface area contributed by atoms with Gasteiger partial charge in [-0.25, -0.2) is 4.98 Å². The quantitative estimate of drug-likeness (QED) is 0.357. The molecular formula is C21H21N7O2S2. The van der Waals surface area contributed by atoms with Crippen LogP contribution in [0.25, 0.3) is 16.9 Å². The van der Waals surface area contributed by atoms with Gasteiger partial charge in [0.05, 0.1) is 17.1 Å². The van der Waals surface area contributed by atoms with Crippen LogP contribution >= 0.6 is 23.1 Å². The molecule has 0 bridgehead atoms. The number of aromatic amines is 1. The van der Waals surface area contributed by atoms with Gasteiger partial charge in [-0.3, -0.25) is 14.2 Å². The molecule has 2 amide bonds. The number of amides is 2. The summed E-state index contributed by atoms with van der Waals surface area (Å²) in [6.45, 7) is 5.96. The minimum absolute atomic E-state index is 0.161. The van der Waals surface area contributed by atoms with Crippen LogP contribution in [0.15, 0.2) is 41.0 Å². The maximum Gasteiger partial charge on any atom is 0.265 e. The summed E-state index contributed by atoms with van der Waals surface area (Å²) in [6.07, 6.45) is 1.65. The lowest BCUT2D eigenvalue weighted by atomic mass is 10.1. The van der Waals surface area contributed by atoms with Crippen molar-refractivity contribution in [2.45, 2.75) is 25.9 Å². The second kappa shape index (κ2) is 8.97. The Bertz CT molecular complexity index is 1310. The molecular weight excluding hydrogens is 446 g/mol. The lowest BCUT2D eigenvalue weighted by Gasteiger charge is -2.12. The molecule has 9 nitrogen and oxygen atoms in total. The highest BCUT2D eigenvalue weighted by atomic mass is 32.2. The van der Waals surface area contributed by atoms with Crippen molar-refractivity contribution in [2.75, 3.05) is 11.1 Å². The highest BCUT2D eigenvalue weighted by Gasteiger charge is 2.16. The van der Waals surface area contributed by atoms with Crippen molar-refractivity contribution in [3.63, 3.8) is 0 Å². The Morgan fingerprint density at radius 2 is 2.03 bits per heavy atom. The predicted molar refractivity (Wildman–Crippen MR) is 125 cm³/mol. The third-order valence-electron chi connectivity index (χ3n) is 4.73. The number of benzene rings is 1. The van der Waals surface area contributed by atoms with E-state index in [1.54, 1.807) is 17.6 Å². The normalized spacial score (nSPS) is 11.0. The maximum atomic E-state index is 12.5. The van der Waals surface area contributed by atoms with Gasteiger partial charge >= 0.3 is 0 Å². The van der Waals surface area contributed by atoms with Crippen molar-refractivity contribution in [3.05, 3.63) is 58.5 Å². The fourth-order valence-corrected chi connectivity index (χ4v) is 4.63. The van der Waals surface area contributed by atoms with Crippen LogP contribution in [0, 0.1) is 20.8 Å². The second-order valence-electron chi connectivity index (χ2n) is 7.20. The highest BCUT2D eigenvalue weighted by molar-refractivity contribution is 7.99. The molecule has 3 heterocycles. The van der Waals surface area contributed by atoms with Crippen molar-refractivity contribution in [2.24, 2.45) is 5.73 Å². The SMILES string of the molecule is Cc1ccc(C)c(-n2c(C)nnc2SCC(=O)Nc2nc(-c3c[nH]c(C(N)=O)c3)cs2)c1. The van der Waals surface area contributed by atoms with Gasteiger partial charge in [-0.15, -0.1) is 21.5 Å². The fraction of sp³-hybridized carbons (Fsp3) is 0.190. The highest BCUT2D eigenvalue weighted by Crippen LogP contribution is 2.27. The number of nitrogens with zero attached hydrogens (tertiary/aromatic N) is 4. The number of thioether (sulfide) groups is 1. The van der Waals surface area contributed by atoms with Gasteiger partial charge in [-0.05, 0) is 44.0 Å². The van der Waals surface area contributed by atoms with E-state index in [0.29, 0.717) is 21.7 Å². The van der Waals surface area contributed by atoms with Crippen LogP contribution in [0.5, 0.6) is 0 Å². The first-order valence-corrected chi connectivity index (χ1v) is 11.5. The van der Waals surface area contributed by atoms with Gasteiger partial charge in [-0.2, -0.15) is 0 Å². The van der Waals surface area contributed by atoms with Crippen molar-refractivity contribution in [1.29, 1.82) is 0 Å². The number of aromatic nitrogens is 5. The molecule has 4 rings (SSSR count). The Hall–Kier alpha value is -3.44. The Balaban J connectivity index is 1.43. The van der Waals surface area contributed by atoms with Crippen LogP contribution in [0.4, 0.5) is 5.13 Å². The summed E-state index contributed by atoms with van der Waals surface area (Å²) in [5, 5.41) is 14.2. The Labute approximate surface area is 192 Å². The third-order valence-corrected chi connectivity index (χ3v) is 6.41. The monoisotopic (exact) mass is 467 g/mol. The molecule has 32 heavy (non-hydrogen) atoms. The molecule has 0 aliphatic rings. The van der Waals surface area contributed by atoms with Gasteiger partial charge in [0.25, 0.3) is 5.91 Å². The zero-order valence-electron chi connectivity index (χ0n) is 17.7. The van der Waals surface area contributed by atoms with E-state index >= 15 is 0 Å². The number of hydrogen-bond acceptors (Lipinski definition) is 7. The van der Waals surface area contributed by atoms with Crippen molar-refractivity contribution in [1.82, 2.24) is 24.7 Å².